The van der Waals surface area contributed by atoms with Crippen LogP contribution in [0.15, 0.2) is 24.4 Å². The first-order chi connectivity index (χ1) is 9.02. The van der Waals surface area contributed by atoms with Crippen LogP contribution in [0, 0.1) is 12.7 Å². The van der Waals surface area contributed by atoms with Crippen molar-refractivity contribution >= 4 is 5.97 Å². The normalized spacial score (nSPS) is 10.5. The van der Waals surface area contributed by atoms with Gasteiger partial charge in [-0.25, -0.2) is 9.18 Å². The summed E-state index contributed by atoms with van der Waals surface area (Å²) in [5, 5.41) is 12.9. The van der Waals surface area contributed by atoms with Gasteiger partial charge in [0, 0.05) is 0 Å². The molecule has 0 saturated carbocycles. The zero-order valence-electron chi connectivity index (χ0n) is 10.6. The van der Waals surface area contributed by atoms with Crippen LogP contribution in [0.2, 0.25) is 0 Å². The number of carbonyl (C=O) groups is 1. The molecule has 19 heavy (non-hydrogen) atoms. The molecular weight excluding hydrogens is 251 g/mol. The molecule has 0 saturated heterocycles. The SMILES string of the molecule is COc1ccc(Cn2ncc(C(=O)O)c2C)cc1F. The van der Waals surface area contributed by atoms with E-state index in [0.29, 0.717) is 17.8 Å². The highest BCUT2D eigenvalue weighted by molar-refractivity contribution is 5.88. The van der Waals surface area contributed by atoms with E-state index in [1.807, 2.05) is 0 Å². The van der Waals surface area contributed by atoms with Crippen LogP contribution >= 0.6 is 0 Å². The van der Waals surface area contributed by atoms with Crippen molar-refractivity contribution in [3.8, 4) is 5.75 Å². The summed E-state index contributed by atoms with van der Waals surface area (Å²) in [7, 11) is 1.40. The molecule has 0 aliphatic heterocycles. The molecule has 1 heterocycles. The van der Waals surface area contributed by atoms with E-state index in [1.54, 1.807) is 13.0 Å². The van der Waals surface area contributed by atoms with Crippen molar-refractivity contribution in [2.75, 3.05) is 7.11 Å². The molecule has 0 spiro atoms. The molecule has 5 nitrogen and oxygen atoms in total. The lowest BCUT2D eigenvalue weighted by molar-refractivity contribution is 0.0696. The van der Waals surface area contributed by atoms with Crippen molar-refractivity contribution < 1.29 is 19.0 Å². The van der Waals surface area contributed by atoms with Gasteiger partial charge < -0.3 is 9.84 Å². The Kier molecular flexibility index (Phi) is 3.50. The van der Waals surface area contributed by atoms with Gasteiger partial charge in [-0.05, 0) is 24.6 Å². The number of aromatic nitrogens is 2. The first kappa shape index (κ1) is 13.1. The molecule has 2 rings (SSSR count). The smallest absolute Gasteiger partial charge is 0.339 e. The summed E-state index contributed by atoms with van der Waals surface area (Å²) in [5.74, 6) is -1.31. The molecule has 100 valence electrons. The van der Waals surface area contributed by atoms with Crippen LogP contribution in [0.1, 0.15) is 21.6 Å². The highest BCUT2D eigenvalue weighted by atomic mass is 19.1. The van der Waals surface area contributed by atoms with Gasteiger partial charge in [0.1, 0.15) is 5.56 Å². The number of nitrogens with zero attached hydrogens (tertiary/aromatic N) is 2. The predicted molar refractivity (Wildman–Crippen MR) is 66.0 cm³/mol. The van der Waals surface area contributed by atoms with Crippen LogP contribution in [0.5, 0.6) is 5.75 Å². The van der Waals surface area contributed by atoms with E-state index in [4.69, 9.17) is 9.84 Å². The Balaban J connectivity index is 2.26. The highest BCUT2D eigenvalue weighted by Crippen LogP contribution is 2.19. The Morgan fingerprint density at radius 2 is 2.26 bits per heavy atom. The second-order valence-electron chi connectivity index (χ2n) is 4.08. The average Bonchev–Trinajstić information content (AvgIpc) is 2.71. The molecule has 0 amide bonds. The quantitative estimate of drug-likeness (QED) is 0.918. The molecule has 1 aromatic carbocycles. The highest BCUT2D eigenvalue weighted by Gasteiger charge is 2.13. The van der Waals surface area contributed by atoms with Crippen molar-refractivity contribution in [3.63, 3.8) is 0 Å². The zero-order valence-corrected chi connectivity index (χ0v) is 10.6. The second-order valence-corrected chi connectivity index (χ2v) is 4.08. The zero-order chi connectivity index (χ0) is 14.0. The maximum absolute atomic E-state index is 13.5. The number of aromatic carboxylic acids is 1. The van der Waals surface area contributed by atoms with Crippen LogP contribution in [0.4, 0.5) is 4.39 Å². The standard InChI is InChI=1S/C13H13FN2O3/c1-8-10(13(17)18)6-15-16(8)7-9-3-4-12(19-2)11(14)5-9/h3-6H,7H2,1-2H3,(H,17,18). The molecule has 2 aromatic rings. The van der Waals surface area contributed by atoms with Gasteiger partial charge >= 0.3 is 5.97 Å². The molecule has 0 aliphatic carbocycles. The van der Waals surface area contributed by atoms with Gasteiger partial charge in [0.25, 0.3) is 0 Å². The fourth-order valence-electron chi connectivity index (χ4n) is 1.80. The lowest BCUT2D eigenvalue weighted by Crippen LogP contribution is -2.06. The molecule has 0 radical (unpaired) electrons. The summed E-state index contributed by atoms with van der Waals surface area (Å²) in [6.45, 7) is 1.97. The van der Waals surface area contributed by atoms with Gasteiger partial charge in [-0.15, -0.1) is 0 Å². The number of carboxylic acids is 1. The summed E-state index contributed by atoms with van der Waals surface area (Å²) in [4.78, 5) is 10.9. The summed E-state index contributed by atoms with van der Waals surface area (Å²) in [6, 6.07) is 4.59. The largest absolute Gasteiger partial charge is 0.494 e. The van der Waals surface area contributed by atoms with Crippen molar-refractivity contribution in [1.29, 1.82) is 0 Å². The van der Waals surface area contributed by atoms with Crippen LogP contribution in [0.25, 0.3) is 0 Å². The number of ether oxygens (including phenoxy) is 1. The molecular formula is C13H13FN2O3. The summed E-state index contributed by atoms with van der Waals surface area (Å²) in [5.41, 5.74) is 1.36. The molecule has 0 atom stereocenters. The van der Waals surface area contributed by atoms with E-state index in [-0.39, 0.29) is 11.3 Å². The van der Waals surface area contributed by atoms with Crippen molar-refractivity contribution in [1.82, 2.24) is 9.78 Å². The topological polar surface area (TPSA) is 64.4 Å². The monoisotopic (exact) mass is 264 g/mol. The van der Waals surface area contributed by atoms with Crippen molar-refractivity contribution in [2.24, 2.45) is 0 Å². The number of halogens is 1. The van der Waals surface area contributed by atoms with E-state index in [0.717, 1.165) is 0 Å². The molecule has 1 N–H and O–H groups in total. The molecule has 0 unspecified atom stereocenters. The van der Waals surface area contributed by atoms with E-state index < -0.39 is 11.8 Å². The van der Waals surface area contributed by atoms with E-state index >= 15 is 0 Å². The summed E-state index contributed by atoms with van der Waals surface area (Å²) < 4.78 is 19.9. The molecule has 0 fully saturated rings. The molecule has 0 bridgehead atoms. The van der Waals surface area contributed by atoms with Crippen molar-refractivity contribution in [3.05, 3.63) is 47.0 Å². The van der Waals surface area contributed by atoms with Crippen LogP contribution in [0.3, 0.4) is 0 Å². The van der Waals surface area contributed by atoms with Crippen LogP contribution in [-0.2, 0) is 6.54 Å². The predicted octanol–water partition coefficient (Wildman–Crippen LogP) is 2.09. The Morgan fingerprint density at radius 1 is 1.53 bits per heavy atom. The number of carboxylic acid groups (broad SMARTS) is 1. The Morgan fingerprint density at radius 3 is 2.79 bits per heavy atom. The first-order valence-corrected chi connectivity index (χ1v) is 5.61. The number of methoxy groups -OCH3 is 1. The summed E-state index contributed by atoms with van der Waals surface area (Å²) in [6.07, 6.45) is 1.29. The van der Waals surface area contributed by atoms with Crippen LogP contribution < -0.4 is 4.74 Å². The number of hydrogen-bond donors (Lipinski definition) is 1. The van der Waals surface area contributed by atoms with Crippen LogP contribution in [-0.4, -0.2) is 28.0 Å². The van der Waals surface area contributed by atoms with Crippen molar-refractivity contribution in [2.45, 2.75) is 13.5 Å². The minimum atomic E-state index is -1.02. The van der Waals surface area contributed by atoms with Gasteiger partial charge in [0.2, 0.25) is 0 Å². The average molecular weight is 264 g/mol. The van der Waals surface area contributed by atoms with Gasteiger partial charge in [-0.1, -0.05) is 6.07 Å². The molecule has 0 aliphatic rings. The summed E-state index contributed by atoms with van der Waals surface area (Å²) >= 11 is 0. The number of rotatable bonds is 4. The third-order valence-corrected chi connectivity index (χ3v) is 2.88. The third-order valence-electron chi connectivity index (χ3n) is 2.88. The van der Waals surface area contributed by atoms with Gasteiger partial charge in [-0.2, -0.15) is 5.10 Å². The lowest BCUT2D eigenvalue weighted by atomic mass is 10.2. The Hall–Kier alpha value is -2.37. The molecule has 1 aromatic heterocycles. The minimum Gasteiger partial charge on any atom is -0.494 e. The van der Waals surface area contributed by atoms with E-state index in [1.165, 1.54) is 30.1 Å². The maximum atomic E-state index is 13.5. The minimum absolute atomic E-state index is 0.147. The van der Waals surface area contributed by atoms with Gasteiger partial charge in [0.05, 0.1) is 25.5 Å². The van der Waals surface area contributed by atoms with Gasteiger partial charge in [-0.3, -0.25) is 4.68 Å². The third kappa shape index (κ3) is 2.57. The van der Waals surface area contributed by atoms with Gasteiger partial charge in [0.15, 0.2) is 11.6 Å². The van der Waals surface area contributed by atoms with E-state index in [9.17, 15) is 9.18 Å². The number of benzene rings is 1. The fraction of sp³-hybridized carbons (Fsp3) is 0.231. The first-order valence-electron chi connectivity index (χ1n) is 5.61. The Labute approximate surface area is 109 Å². The maximum Gasteiger partial charge on any atom is 0.339 e. The lowest BCUT2D eigenvalue weighted by Gasteiger charge is -2.07. The second kappa shape index (κ2) is 5.09. The fourth-order valence-corrected chi connectivity index (χ4v) is 1.80. The Bertz CT molecular complexity index is 622. The molecule has 6 heteroatoms. The van der Waals surface area contributed by atoms with E-state index in [2.05, 4.69) is 5.10 Å². The number of hydrogen-bond acceptors (Lipinski definition) is 3.